The van der Waals surface area contributed by atoms with E-state index in [0.717, 1.165) is 35.4 Å². The lowest BCUT2D eigenvalue weighted by atomic mass is 9.96. The van der Waals surface area contributed by atoms with Gasteiger partial charge in [-0.15, -0.1) is 0 Å². The summed E-state index contributed by atoms with van der Waals surface area (Å²) in [6, 6.07) is 5.79. The van der Waals surface area contributed by atoms with Crippen molar-refractivity contribution in [1.29, 1.82) is 0 Å². The van der Waals surface area contributed by atoms with Gasteiger partial charge >= 0.3 is 0 Å². The molecule has 0 bridgehead atoms. The molecule has 1 aliphatic heterocycles. The van der Waals surface area contributed by atoms with E-state index in [4.69, 9.17) is 17.3 Å². The fourth-order valence-electron chi connectivity index (χ4n) is 2.65. The van der Waals surface area contributed by atoms with Crippen LogP contribution in [0.3, 0.4) is 0 Å². The summed E-state index contributed by atoms with van der Waals surface area (Å²) in [7, 11) is 4.28. The summed E-state index contributed by atoms with van der Waals surface area (Å²) in [5, 5.41) is 0.765. The van der Waals surface area contributed by atoms with Gasteiger partial charge in [0.25, 0.3) is 0 Å². The maximum atomic E-state index is 6.25. The Bertz CT molecular complexity index is 398. The molecule has 0 unspecified atom stereocenters. The van der Waals surface area contributed by atoms with E-state index in [9.17, 15) is 0 Å². The zero-order chi connectivity index (χ0) is 13.1. The van der Waals surface area contributed by atoms with Gasteiger partial charge in [-0.1, -0.05) is 11.6 Å². The van der Waals surface area contributed by atoms with Gasteiger partial charge in [-0.2, -0.15) is 0 Å². The largest absolute Gasteiger partial charge is 0.399 e. The first-order valence-electron chi connectivity index (χ1n) is 6.51. The van der Waals surface area contributed by atoms with Gasteiger partial charge in [0.1, 0.15) is 0 Å². The van der Waals surface area contributed by atoms with Gasteiger partial charge in [0, 0.05) is 25.3 Å². The number of halogens is 1. The lowest BCUT2D eigenvalue weighted by molar-refractivity contribution is 0.285. The lowest BCUT2D eigenvalue weighted by Crippen LogP contribution is -2.37. The summed E-state index contributed by atoms with van der Waals surface area (Å²) in [6.45, 7) is 3.35. The van der Waals surface area contributed by atoms with Crippen LogP contribution in [-0.2, 0) is 0 Å². The van der Waals surface area contributed by atoms with Crippen molar-refractivity contribution in [1.82, 2.24) is 4.90 Å². The fraction of sp³-hybridized carbons (Fsp3) is 0.571. The maximum absolute atomic E-state index is 6.25. The zero-order valence-electron chi connectivity index (χ0n) is 11.2. The molecule has 2 rings (SSSR count). The van der Waals surface area contributed by atoms with E-state index in [-0.39, 0.29) is 0 Å². The molecule has 1 fully saturated rings. The average Bonchev–Trinajstić information content (AvgIpc) is 2.30. The van der Waals surface area contributed by atoms with E-state index >= 15 is 0 Å². The third-order valence-corrected chi connectivity index (χ3v) is 3.85. The molecule has 1 aromatic rings. The van der Waals surface area contributed by atoms with Crippen LogP contribution in [0.4, 0.5) is 11.4 Å². The minimum atomic E-state index is 0.728. The second-order valence-electron chi connectivity index (χ2n) is 5.40. The summed E-state index contributed by atoms with van der Waals surface area (Å²) in [4.78, 5) is 4.64. The molecule has 100 valence electrons. The molecule has 18 heavy (non-hydrogen) atoms. The van der Waals surface area contributed by atoms with Crippen molar-refractivity contribution in [3.05, 3.63) is 23.2 Å². The summed E-state index contributed by atoms with van der Waals surface area (Å²) < 4.78 is 0. The van der Waals surface area contributed by atoms with Crippen molar-refractivity contribution >= 4 is 23.0 Å². The quantitative estimate of drug-likeness (QED) is 0.855. The van der Waals surface area contributed by atoms with Gasteiger partial charge in [0.05, 0.1) is 10.7 Å². The Morgan fingerprint density at radius 3 is 2.56 bits per heavy atom. The Hall–Kier alpha value is -0.930. The monoisotopic (exact) mass is 267 g/mol. The summed E-state index contributed by atoms with van der Waals surface area (Å²) in [5.74, 6) is 0.809. The van der Waals surface area contributed by atoms with Crippen LogP contribution in [0.2, 0.25) is 5.02 Å². The number of piperidine rings is 1. The Morgan fingerprint density at radius 2 is 2.00 bits per heavy atom. The second-order valence-corrected chi connectivity index (χ2v) is 5.81. The minimum absolute atomic E-state index is 0.728. The summed E-state index contributed by atoms with van der Waals surface area (Å²) >= 11 is 6.25. The van der Waals surface area contributed by atoms with E-state index in [2.05, 4.69) is 23.9 Å². The first-order valence-corrected chi connectivity index (χ1v) is 6.89. The van der Waals surface area contributed by atoms with Crippen molar-refractivity contribution in [2.75, 3.05) is 44.4 Å². The van der Waals surface area contributed by atoms with Crippen molar-refractivity contribution < 1.29 is 0 Å². The van der Waals surface area contributed by atoms with Crippen LogP contribution in [0.1, 0.15) is 12.8 Å². The average molecular weight is 268 g/mol. The molecule has 0 spiro atoms. The van der Waals surface area contributed by atoms with Crippen LogP contribution in [0.25, 0.3) is 0 Å². The Kier molecular flexibility index (Phi) is 4.36. The number of benzene rings is 1. The minimum Gasteiger partial charge on any atom is -0.399 e. The van der Waals surface area contributed by atoms with Gasteiger partial charge in [0.15, 0.2) is 0 Å². The van der Waals surface area contributed by atoms with Crippen LogP contribution in [0.15, 0.2) is 18.2 Å². The van der Waals surface area contributed by atoms with E-state index in [0.29, 0.717) is 0 Å². The number of rotatable bonds is 3. The number of hydrogen-bond acceptors (Lipinski definition) is 3. The lowest BCUT2D eigenvalue weighted by Gasteiger charge is -2.35. The Labute approximate surface area is 115 Å². The zero-order valence-corrected chi connectivity index (χ0v) is 12.0. The van der Waals surface area contributed by atoms with E-state index < -0.39 is 0 Å². The molecule has 0 aliphatic carbocycles. The molecule has 0 radical (unpaired) electrons. The molecule has 1 aromatic carbocycles. The van der Waals surface area contributed by atoms with Gasteiger partial charge < -0.3 is 15.5 Å². The molecule has 1 aliphatic rings. The number of nitrogen functional groups attached to an aromatic ring is 1. The standard InChI is InChI=1S/C14H22ClN3/c1-17(2)10-11-5-7-18(8-6-11)14-4-3-12(16)9-13(14)15/h3-4,9,11H,5-8,10,16H2,1-2H3. The number of anilines is 2. The third-order valence-electron chi connectivity index (χ3n) is 3.55. The fourth-order valence-corrected chi connectivity index (χ4v) is 2.96. The predicted octanol–water partition coefficient (Wildman–Crippen LogP) is 2.70. The topological polar surface area (TPSA) is 32.5 Å². The molecule has 4 heteroatoms. The van der Waals surface area contributed by atoms with Crippen LogP contribution in [0, 0.1) is 5.92 Å². The van der Waals surface area contributed by atoms with E-state index in [1.165, 1.54) is 19.4 Å². The highest BCUT2D eigenvalue weighted by atomic mass is 35.5. The SMILES string of the molecule is CN(C)CC1CCN(c2ccc(N)cc2Cl)CC1. The van der Waals surface area contributed by atoms with Crippen molar-refractivity contribution in [2.45, 2.75) is 12.8 Å². The molecular weight excluding hydrogens is 246 g/mol. The van der Waals surface area contributed by atoms with Crippen molar-refractivity contribution in [2.24, 2.45) is 5.92 Å². The normalized spacial score (nSPS) is 17.4. The maximum Gasteiger partial charge on any atom is 0.0660 e. The molecule has 1 saturated heterocycles. The molecule has 1 heterocycles. The van der Waals surface area contributed by atoms with Crippen LogP contribution >= 0.6 is 11.6 Å². The van der Waals surface area contributed by atoms with Gasteiger partial charge in [-0.3, -0.25) is 0 Å². The first kappa shape index (κ1) is 13.5. The summed E-state index contributed by atoms with van der Waals surface area (Å²) in [6.07, 6.45) is 2.47. The predicted molar refractivity (Wildman–Crippen MR) is 79.4 cm³/mol. The smallest absolute Gasteiger partial charge is 0.0660 e. The van der Waals surface area contributed by atoms with Crippen molar-refractivity contribution in [3.63, 3.8) is 0 Å². The van der Waals surface area contributed by atoms with Gasteiger partial charge in [-0.05, 0) is 51.1 Å². The van der Waals surface area contributed by atoms with Crippen LogP contribution in [0.5, 0.6) is 0 Å². The molecule has 2 N–H and O–H groups in total. The Balaban J connectivity index is 1.97. The molecule has 0 atom stereocenters. The van der Waals surface area contributed by atoms with Gasteiger partial charge in [0.2, 0.25) is 0 Å². The highest BCUT2D eigenvalue weighted by molar-refractivity contribution is 6.33. The van der Waals surface area contributed by atoms with E-state index in [1.54, 1.807) is 0 Å². The molecule has 3 nitrogen and oxygen atoms in total. The van der Waals surface area contributed by atoms with Crippen LogP contribution in [-0.4, -0.2) is 38.6 Å². The highest BCUT2D eigenvalue weighted by Crippen LogP contribution is 2.31. The number of hydrogen-bond donors (Lipinski definition) is 1. The molecule has 0 aromatic heterocycles. The molecule has 0 amide bonds. The first-order chi connectivity index (χ1) is 8.56. The van der Waals surface area contributed by atoms with Crippen LogP contribution < -0.4 is 10.6 Å². The Morgan fingerprint density at radius 1 is 1.33 bits per heavy atom. The van der Waals surface area contributed by atoms with E-state index in [1.807, 2.05) is 18.2 Å². The molecular formula is C14H22ClN3. The summed E-state index contributed by atoms with van der Waals surface area (Å²) in [5.41, 5.74) is 7.57. The van der Waals surface area contributed by atoms with Crippen molar-refractivity contribution in [3.8, 4) is 0 Å². The number of nitrogens with two attached hydrogens (primary N) is 1. The van der Waals surface area contributed by atoms with Gasteiger partial charge in [-0.25, -0.2) is 0 Å². The number of nitrogens with zero attached hydrogens (tertiary/aromatic N) is 2. The third kappa shape index (κ3) is 3.30. The second kappa shape index (κ2) is 5.81. The highest BCUT2D eigenvalue weighted by Gasteiger charge is 2.21. The molecule has 0 saturated carbocycles.